The topological polar surface area (TPSA) is 78.4 Å². The Morgan fingerprint density at radius 1 is 1.25 bits per heavy atom. The minimum Gasteiger partial charge on any atom is -0.497 e. The third kappa shape index (κ3) is 8.46. The molecular weight excluding hydrogens is 356 g/mol. The molecule has 0 bridgehead atoms. The van der Waals surface area contributed by atoms with Crippen molar-refractivity contribution < 1.29 is 14.6 Å². The summed E-state index contributed by atoms with van der Waals surface area (Å²) in [5.41, 5.74) is 0.431. The molecule has 1 aromatic rings. The summed E-state index contributed by atoms with van der Waals surface area (Å²) in [6.07, 6.45) is 1.99. The normalized spacial score (nSPS) is 17.8. The zero-order chi connectivity index (χ0) is 20.2. The Kier molecular flexibility index (Phi) is 9.54. The summed E-state index contributed by atoms with van der Waals surface area (Å²) >= 11 is 0. The van der Waals surface area contributed by atoms with E-state index in [2.05, 4.69) is 32.7 Å². The average Bonchev–Trinajstić information content (AvgIpc) is 2.70. The van der Waals surface area contributed by atoms with Crippen molar-refractivity contribution in [3.05, 3.63) is 29.8 Å². The number of hydrogen-bond donors (Lipinski definition) is 3. The first-order valence-corrected chi connectivity index (χ1v) is 10.2. The Balaban J connectivity index is 1.75. The molecule has 0 aromatic heterocycles. The highest BCUT2D eigenvalue weighted by molar-refractivity contribution is 5.79. The number of ether oxygens (including phenoxy) is 2. The molecule has 3 N–H and O–H groups in total. The first-order chi connectivity index (χ1) is 13.5. The highest BCUT2D eigenvalue weighted by Gasteiger charge is 2.25. The number of aliphatic hydroxyl groups is 1. The lowest BCUT2D eigenvalue weighted by atomic mass is 10.1. The SMILES string of the molecule is CCNC(=NCC(C)(O)CN1CCOCC1)NCCCc1ccc(OC)cc1. The van der Waals surface area contributed by atoms with Gasteiger partial charge in [-0.25, -0.2) is 0 Å². The number of β-amino-alcohol motifs (C(OH)–C–C–N with tert-alkyl or cyclic N) is 1. The van der Waals surface area contributed by atoms with Gasteiger partial charge in [-0.2, -0.15) is 0 Å². The lowest BCUT2D eigenvalue weighted by molar-refractivity contribution is -0.0179. The number of benzene rings is 1. The molecule has 28 heavy (non-hydrogen) atoms. The third-order valence-electron chi connectivity index (χ3n) is 4.68. The second-order valence-electron chi connectivity index (χ2n) is 7.46. The Morgan fingerprint density at radius 3 is 2.61 bits per heavy atom. The summed E-state index contributed by atoms with van der Waals surface area (Å²) in [4.78, 5) is 6.82. The number of methoxy groups -OCH3 is 1. The van der Waals surface area contributed by atoms with Crippen LogP contribution in [0.15, 0.2) is 29.3 Å². The Labute approximate surface area is 169 Å². The average molecular weight is 393 g/mol. The molecule has 158 valence electrons. The number of nitrogens with one attached hydrogen (secondary N) is 2. The van der Waals surface area contributed by atoms with Crippen molar-refractivity contribution in [1.82, 2.24) is 15.5 Å². The van der Waals surface area contributed by atoms with Crippen LogP contribution in [0.1, 0.15) is 25.8 Å². The standard InChI is InChI=1S/C21H36N4O3/c1-4-22-20(23-11-5-6-18-7-9-19(27-3)10-8-18)24-16-21(2,26)17-25-12-14-28-15-13-25/h7-10,26H,4-6,11-17H2,1-3H3,(H2,22,23,24). The molecule has 1 saturated heterocycles. The molecule has 0 saturated carbocycles. The van der Waals surface area contributed by atoms with Crippen LogP contribution in [0.25, 0.3) is 0 Å². The van der Waals surface area contributed by atoms with E-state index in [1.165, 1.54) is 5.56 Å². The maximum atomic E-state index is 10.7. The largest absolute Gasteiger partial charge is 0.497 e. The van der Waals surface area contributed by atoms with Crippen molar-refractivity contribution >= 4 is 5.96 Å². The number of morpholine rings is 1. The Hall–Kier alpha value is -1.83. The van der Waals surface area contributed by atoms with E-state index in [1.54, 1.807) is 7.11 Å². The predicted octanol–water partition coefficient (Wildman–Crippen LogP) is 1.27. The van der Waals surface area contributed by atoms with E-state index in [4.69, 9.17) is 9.47 Å². The van der Waals surface area contributed by atoms with Crippen molar-refractivity contribution in [2.45, 2.75) is 32.3 Å². The van der Waals surface area contributed by atoms with Gasteiger partial charge in [0.15, 0.2) is 5.96 Å². The third-order valence-corrected chi connectivity index (χ3v) is 4.68. The number of aryl methyl sites for hydroxylation is 1. The molecule has 7 nitrogen and oxygen atoms in total. The van der Waals surface area contributed by atoms with Crippen LogP contribution in [-0.4, -0.2) is 81.2 Å². The van der Waals surface area contributed by atoms with E-state index < -0.39 is 5.60 Å². The van der Waals surface area contributed by atoms with Crippen molar-refractivity contribution in [2.75, 3.05) is 59.6 Å². The van der Waals surface area contributed by atoms with Crippen LogP contribution in [0.4, 0.5) is 0 Å². The fourth-order valence-corrected chi connectivity index (χ4v) is 3.17. The van der Waals surface area contributed by atoms with E-state index >= 15 is 0 Å². The first-order valence-electron chi connectivity index (χ1n) is 10.2. The molecule has 0 aliphatic carbocycles. The minimum atomic E-state index is -0.858. The predicted molar refractivity (Wildman–Crippen MR) is 113 cm³/mol. The van der Waals surface area contributed by atoms with Gasteiger partial charge < -0.3 is 25.2 Å². The molecule has 0 radical (unpaired) electrons. The molecule has 1 atom stereocenters. The number of nitrogens with zero attached hydrogens (tertiary/aromatic N) is 2. The summed E-state index contributed by atoms with van der Waals surface area (Å²) in [6, 6.07) is 8.18. The smallest absolute Gasteiger partial charge is 0.191 e. The molecule has 1 aromatic carbocycles. The molecule has 1 unspecified atom stereocenters. The van der Waals surface area contributed by atoms with Gasteiger partial charge in [-0.1, -0.05) is 12.1 Å². The number of hydrogen-bond acceptors (Lipinski definition) is 5. The van der Waals surface area contributed by atoms with Crippen molar-refractivity contribution in [2.24, 2.45) is 4.99 Å². The fraction of sp³-hybridized carbons (Fsp3) is 0.667. The van der Waals surface area contributed by atoms with E-state index in [0.29, 0.717) is 13.1 Å². The summed E-state index contributed by atoms with van der Waals surface area (Å²) in [5.74, 6) is 1.63. The molecule has 0 spiro atoms. The van der Waals surface area contributed by atoms with Crippen LogP contribution >= 0.6 is 0 Å². The van der Waals surface area contributed by atoms with E-state index in [9.17, 15) is 5.11 Å². The maximum Gasteiger partial charge on any atom is 0.191 e. The van der Waals surface area contributed by atoms with Gasteiger partial charge in [0.1, 0.15) is 5.75 Å². The van der Waals surface area contributed by atoms with Crippen molar-refractivity contribution in [1.29, 1.82) is 0 Å². The van der Waals surface area contributed by atoms with Gasteiger partial charge >= 0.3 is 0 Å². The fourth-order valence-electron chi connectivity index (χ4n) is 3.17. The zero-order valence-corrected chi connectivity index (χ0v) is 17.5. The van der Waals surface area contributed by atoms with Gasteiger partial charge in [-0.3, -0.25) is 9.89 Å². The van der Waals surface area contributed by atoms with Crippen LogP contribution in [0.5, 0.6) is 5.75 Å². The molecule has 0 amide bonds. The molecule has 1 heterocycles. The van der Waals surface area contributed by atoms with Crippen molar-refractivity contribution in [3.63, 3.8) is 0 Å². The quantitative estimate of drug-likeness (QED) is 0.316. The minimum absolute atomic E-state index is 0.359. The maximum absolute atomic E-state index is 10.7. The lowest BCUT2D eigenvalue weighted by Crippen LogP contribution is -2.48. The van der Waals surface area contributed by atoms with Crippen molar-refractivity contribution in [3.8, 4) is 5.75 Å². The molecular formula is C21H36N4O3. The molecule has 1 aliphatic heterocycles. The molecule has 1 aliphatic rings. The summed E-state index contributed by atoms with van der Waals surface area (Å²) in [5, 5.41) is 17.3. The van der Waals surface area contributed by atoms with Crippen LogP contribution in [0.2, 0.25) is 0 Å². The number of aliphatic imine (C=N–C) groups is 1. The van der Waals surface area contributed by atoms with Crippen LogP contribution in [0.3, 0.4) is 0 Å². The van der Waals surface area contributed by atoms with E-state index in [-0.39, 0.29) is 0 Å². The summed E-state index contributed by atoms with van der Waals surface area (Å²) in [7, 11) is 1.68. The van der Waals surface area contributed by atoms with Gasteiger partial charge in [-0.15, -0.1) is 0 Å². The van der Waals surface area contributed by atoms with Gasteiger partial charge in [0.2, 0.25) is 0 Å². The van der Waals surface area contributed by atoms with E-state index in [0.717, 1.165) is 63.9 Å². The second kappa shape index (κ2) is 11.9. The highest BCUT2D eigenvalue weighted by Crippen LogP contribution is 2.12. The van der Waals surface area contributed by atoms with Gasteiger partial charge in [0.25, 0.3) is 0 Å². The van der Waals surface area contributed by atoms with Crippen LogP contribution < -0.4 is 15.4 Å². The van der Waals surface area contributed by atoms with Gasteiger partial charge in [-0.05, 0) is 44.4 Å². The van der Waals surface area contributed by atoms with Crippen LogP contribution in [-0.2, 0) is 11.2 Å². The Bertz CT molecular complexity index is 584. The summed E-state index contributed by atoms with van der Waals surface area (Å²) in [6.45, 7) is 9.66. The number of rotatable bonds is 10. The molecule has 1 fully saturated rings. The zero-order valence-electron chi connectivity index (χ0n) is 17.5. The molecule has 2 rings (SSSR count). The lowest BCUT2D eigenvalue weighted by Gasteiger charge is -2.33. The van der Waals surface area contributed by atoms with Gasteiger partial charge in [0.05, 0.1) is 32.5 Å². The Morgan fingerprint density at radius 2 is 1.96 bits per heavy atom. The van der Waals surface area contributed by atoms with Gasteiger partial charge in [0, 0.05) is 32.7 Å². The summed E-state index contributed by atoms with van der Waals surface area (Å²) < 4.78 is 10.6. The second-order valence-corrected chi connectivity index (χ2v) is 7.46. The first kappa shape index (κ1) is 22.5. The number of guanidine groups is 1. The van der Waals surface area contributed by atoms with E-state index in [1.807, 2.05) is 26.0 Å². The highest BCUT2D eigenvalue weighted by atomic mass is 16.5. The van der Waals surface area contributed by atoms with Crippen LogP contribution in [0, 0.1) is 0 Å². The molecule has 7 heteroatoms. The monoisotopic (exact) mass is 392 g/mol.